The van der Waals surface area contributed by atoms with Gasteiger partial charge in [-0.15, -0.1) is 12.4 Å². The van der Waals surface area contributed by atoms with Crippen LogP contribution in [-0.4, -0.2) is 31.4 Å². The van der Waals surface area contributed by atoms with Crippen molar-refractivity contribution in [3.05, 3.63) is 34.3 Å². The summed E-state index contributed by atoms with van der Waals surface area (Å²) in [5, 5.41) is 8.73. The van der Waals surface area contributed by atoms with Crippen LogP contribution in [0.1, 0.15) is 31.9 Å². The van der Waals surface area contributed by atoms with Crippen LogP contribution in [0.5, 0.6) is 0 Å². The second-order valence-electron chi connectivity index (χ2n) is 5.00. The zero-order valence-corrected chi connectivity index (χ0v) is 15.4. The van der Waals surface area contributed by atoms with E-state index < -0.39 is 0 Å². The highest BCUT2D eigenvalue weighted by molar-refractivity contribution is 9.10. The van der Waals surface area contributed by atoms with E-state index in [2.05, 4.69) is 31.9 Å². The molecule has 1 aromatic rings. The molecule has 1 rings (SSSR count). The van der Waals surface area contributed by atoms with Gasteiger partial charge in [-0.25, -0.2) is 0 Å². The molecule has 0 bridgehead atoms. The van der Waals surface area contributed by atoms with Crippen LogP contribution >= 0.6 is 28.3 Å². The van der Waals surface area contributed by atoms with Gasteiger partial charge >= 0.3 is 0 Å². The van der Waals surface area contributed by atoms with E-state index in [4.69, 9.17) is 0 Å². The number of benzene rings is 1. The molecule has 124 valence electrons. The molecular formula is C15H23BrClN3O2. The van der Waals surface area contributed by atoms with Crippen molar-refractivity contribution in [1.82, 2.24) is 16.0 Å². The van der Waals surface area contributed by atoms with E-state index in [1.165, 1.54) is 6.92 Å². The Morgan fingerprint density at radius 1 is 1.23 bits per heavy atom. The summed E-state index contributed by atoms with van der Waals surface area (Å²) in [6, 6.07) is 7.47. The van der Waals surface area contributed by atoms with Gasteiger partial charge in [0, 0.05) is 24.0 Å². The summed E-state index contributed by atoms with van der Waals surface area (Å²) in [4.78, 5) is 23.3. The fourth-order valence-corrected chi connectivity index (χ4v) is 2.08. The Balaban J connectivity index is 0.00000441. The van der Waals surface area contributed by atoms with Crippen LogP contribution in [0.2, 0.25) is 0 Å². The maximum absolute atomic E-state index is 12.0. The molecule has 7 heteroatoms. The van der Waals surface area contributed by atoms with Gasteiger partial charge in [0.15, 0.2) is 0 Å². The zero-order chi connectivity index (χ0) is 15.8. The van der Waals surface area contributed by atoms with Crippen molar-refractivity contribution in [2.24, 2.45) is 0 Å². The van der Waals surface area contributed by atoms with E-state index in [0.29, 0.717) is 6.54 Å². The van der Waals surface area contributed by atoms with Gasteiger partial charge in [-0.05, 0) is 31.7 Å². The average Bonchev–Trinajstić information content (AvgIpc) is 2.44. The summed E-state index contributed by atoms with van der Waals surface area (Å²) >= 11 is 3.37. The van der Waals surface area contributed by atoms with Crippen LogP contribution in [0.4, 0.5) is 0 Å². The van der Waals surface area contributed by atoms with Gasteiger partial charge in [0.25, 0.3) is 0 Å². The first kappa shape index (κ1) is 20.9. The van der Waals surface area contributed by atoms with Crippen LogP contribution in [0.3, 0.4) is 0 Å². The molecule has 22 heavy (non-hydrogen) atoms. The van der Waals surface area contributed by atoms with Crippen LogP contribution in [0.15, 0.2) is 28.7 Å². The maximum atomic E-state index is 12.0. The van der Waals surface area contributed by atoms with E-state index in [-0.39, 0.29) is 42.7 Å². The third kappa shape index (κ3) is 7.77. The van der Waals surface area contributed by atoms with Gasteiger partial charge in [0.05, 0.1) is 12.5 Å². The van der Waals surface area contributed by atoms with Gasteiger partial charge in [0.2, 0.25) is 11.8 Å². The maximum Gasteiger partial charge on any atom is 0.222 e. The molecule has 0 fully saturated rings. The third-order valence-electron chi connectivity index (χ3n) is 3.14. The number of hydrogen-bond acceptors (Lipinski definition) is 3. The fourth-order valence-electron chi connectivity index (χ4n) is 1.82. The quantitative estimate of drug-likeness (QED) is 0.666. The zero-order valence-electron chi connectivity index (χ0n) is 13.0. The highest BCUT2D eigenvalue weighted by Crippen LogP contribution is 2.19. The van der Waals surface area contributed by atoms with E-state index in [9.17, 15) is 9.59 Å². The SMILES string of the molecule is CNC(C)CNC(=O)CC(NC(C)=O)c1ccc(Br)cc1.Cl. The van der Waals surface area contributed by atoms with Gasteiger partial charge in [0.1, 0.15) is 0 Å². The highest BCUT2D eigenvalue weighted by Gasteiger charge is 2.17. The van der Waals surface area contributed by atoms with Crippen molar-refractivity contribution in [2.45, 2.75) is 32.4 Å². The molecule has 0 aromatic heterocycles. The molecule has 3 N–H and O–H groups in total. The first-order valence-corrected chi connectivity index (χ1v) is 7.68. The number of carbonyl (C=O) groups is 2. The lowest BCUT2D eigenvalue weighted by Crippen LogP contribution is -2.39. The summed E-state index contributed by atoms with van der Waals surface area (Å²) in [6.07, 6.45) is 0.220. The van der Waals surface area contributed by atoms with Crippen molar-refractivity contribution >= 4 is 40.2 Å². The molecule has 5 nitrogen and oxygen atoms in total. The van der Waals surface area contributed by atoms with Gasteiger partial charge in [-0.3, -0.25) is 9.59 Å². The third-order valence-corrected chi connectivity index (χ3v) is 3.67. The van der Waals surface area contributed by atoms with Crippen molar-refractivity contribution in [2.75, 3.05) is 13.6 Å². The topological polar surface area (TPSA) is 70.2 Å². The Hall–Kier alpha value is -1.11. The average molecular weight is 393 g/mol. The summed E-state index contributed by atoms with van der Waals surface area (Å²) < 4.78 is 0.958. The molecule has 2 amide bonds. The lowest BCUT2D eigenvalue weighted by Gasteiger charge is -2.19. The molecule has 2 atom stereocenters. The molecule has 0 spiro atoms. The number of likely N-dealkylation sites (N-methyl/N-ethyl adjacent to an activating group) is 1. The van der Waals surface area contributed by atoms with Crippen LogP contribution < -0.4 is 16.0 Å². The predicted molar refractivity (Wildman–Crippen MR) is 94.1 cm³/mol. The van der Waals surface area contributed by atoms with E-state index in [1.807, 2.05) is 38.2 Å². The standard InChI is InChI=1S/C15H22BrN3O2.ClH/c1-10(17-3)9-18-15(21)8-14(19-11(2)20)12-4-6-13(16)7-5-12;/h4-7,10,14,17H,8-9H2,1-3H3,(H,18,21)(H,19,20);1H. The molecule has 0 radical (unpaired) electrons. The highest BCUT2D eigenvalue weighted by atomic mass is 79.9. The Labute approximate surface area is 146 Å². The van der Waals surface area contributed by atoms with E-state index in [1.54, 1.807) is 0 Å². The molecule has 2 unspecified atom stereocenters. The summed E-state index contributed by atoms with van der Waals surface area (Å²) in [5.74, 6) is -0.238. The molecule has 0 aliphatic rings. The van der Waals surface area contributed by atoms with Crippen molar-refractivity contribution in [1.29, 1.82) is 0 Å². The van der Waals surface area contributed by atoms with Gasteiger partial charge in [-0.1, -0.05) is 28.1 Å². The van der Waals surface area contributed by atoms with Crippen LogP contribution in [0, 0.1) is 0 Å². The van der Waals surface area contributed by atoms with Crippen molar-refractivity contribution in [3.8, 4) is 0 Å². The monoisotopic (exact) mass is 391 g/mol. The lowest BCUT2D eigenvalue weighted by molar-refractivity contribution is -0.122. The number of nitrogens with one attached hydrogen (secondary N) is 3. The van der Waals surface area contributed by atoms with E-state index >= 15 is 0 Å². The second-order valence-corrected chi connectivity index (χ2v) is 5.92. The first-order chi connectivity index (χ1) is 9.92. The minimum atomic E-state index is -0.319. The molecule has 0 heterocycles. The molecule has 0 aliphatic carbocycles. The predicted octanol–water partition coefficient (Wildman–Crippen LogP) is 2.16. The van der Waals surface area contributed by atoms with Crippen molar-refractivity contribution in [3.63, 3.8) is 0 Å². The number of halogens is 2. The normalized spacial score (nSPS) is 12.7. The molecule has 1 aromatic carbocycles. The van der Waals surface area contributed by atoms with E-state index in [0.717, 1.165) is 10.0 Å². The molecular weight excluding hydrogens is 370 g/mol. The Kier molecular flexibility index (Phi) is 10.1. The van der Waals surface area contributed by atoms with Crippen molar-refractivity contribution < 1.29 is 9.59 Å². The van der Waals surface area contributed by atoms with Crippen LogP contribution in [0.25, 0.3) is 0 Å². The Bertz CT molecular complexity index is 482. The Morgan fingerprint density at radius 2 is 1.82 bits per heavy atom. The smallest absolute Gasteiger partial charge is 0.222 e. The minimum Gasteiger partial charge on any atom is -0.354 e. The van der Waals surface area contributed by atoms with Gasteiger partial charge < -0.3 is 16.0 Å². The summed E-state index contributed by atoms with van der Waals surface area (Å²) in [7, 11) is 1.85. The number of rotatable bonds is 7. The molecule has 0 aliphatic heterocycles. The second kappa shape index (κ2) is 10.6. The minimum absolute atomic E-state index is 0. The number of carbonyl (C=O) groups excluding carboxylic acids is 2. The summed E-state index contributed by atoms with van der Waals surface area (Å²) in [6.45, 7) is 4.00. The lowest BCUT2D eigenvalue weighted by atomic mass is 10.0. The number of hydrogen-bond donors (Lipinski definition) is 3. The Morgan fingerprint density at radius 3 is 2.32 bits per heavy atom. The fraction of sp³-hybridized carbons (Fsp3) is 0.467. The number of amides is 2. The van der Waals surface area contributed by atoms with Crippen LogP contribution in [-0.2, 0) is 9.59 Å². The van der Waals surface area contributed by atoms with Gasteiger partial charge in [-0.2, -0.15) is 0 Å². The molecule has 0 saturated heterocycles. The summed E-state index contributed by atoms with van der Waals surface area (Å²) in [5.41, 5.74) is 0.908. The first-order valence-electron chi connectivity index (χ1n) is 6.89. The molecule has 0 saturated carbocycles. The largest absolute Gasteiger partial charge is 0.354 e.